The summed E-state index contributed by atoms with van der Waals surface area (Å²) in [5, 5.41) is 16.0. The SMILES string of the molecule is Cc1c(C(=O)NC(C(=O)O)C(C)C)cnn1Cc1ccccc1. The zero-order valence-electron chi connectivity index (χ0n) is 13.5. The van der Waals surface area contributed by atoms with Gasteiger partial charge in [0.25, 0.3) is 5.91 Å². The highest BCUT2D eigenvalue weighted by Crippen LogP contribution is 2.11. The maximum absolute atomic E-state index is 12.3. The van der Waals surface area contributed by atoms with Gasteiger partial charge in [0.05, 0.1) is 18.3 Å². The summed E-state index contributed by atoms with van der Waals surface area (Å²) in [5.74, 6) is -1.65. The van der Waals surface area contributed by atoms with Crippen molar-refractivity contribution in [3.63, 3.8) is 0 Å². The molecule has 1 amide bonds. The number of aromatic nitrogens is 2. The van der Waals surface area contributed by atoms with E-state index in [2.05, 4.69) is 10.4 Å². The number of aliphatic carboxylic acids is 1. The Labute approximate surface area is 135 Å². The standard InChI is InChI=1S/C17H21N3O3/c1-11(2)15(17(22)23)19-16(21)14-9-18-20(12(14)3)10-13-7-5-4-6-8-13/h4-9,11,15H,10H2,1-3H3,(H,19,21)(H,22,23). The van der Waals surface area contributed by atoms with E-state index in [0.29, 0.717) is 17.8 Å². The average Bonchev–Trinajstić information content (AvgIpc) is 2.86. The number of hydrogen-bond acceptors (Lipinski definition) is 3. The Kier molecular flexibility index (Phi) is 5.16. The normalized spacial score (nSPS) is 12.2. The molecule has 0 aliphatic rings. The zero-order valence-corrected chi connectivity index (χ0v) is 13.5. The molecule has 1 atom stereocenters. The summed E-state index contributed by atoms with van der Waals surface area (Å²) in [6, 6.07) is 8.89. The smallest absolute Gasteiger partial charge is 0.326 e. The average molecular weight is 315 g/mol. The molecule has 0 bridgehead atoms. The maximum atomic E-state index is 12.3. The van der Waals surface area contributed by atoms with Crippen LogP contribution in [0.1, 0.15) is 35.5 Å². The van der Waals surface area contributed by atoms with Gasteiger partial charge in [0.15, 0.2) is 0 Å². The molecule has 1 aromatic carbocycles. The minimum atomic E-state index is -1.04. The number of nitrogens with zero attached hydrogens (tertiary/aromatic N) is 2. The van der Waals surface area contributed by atoms with Crippen molar-refractivity contribution >= 4 is 11.9 Å². The van der Waals surface area contributed by atoms with Crippen LogP contribution in [0.15, 0.2) is 36.5 Å². The number of carboxylic acids is 1. The lowest BCUT2D eigenvalue weighted by Gasteiger charge is -2.17. The van der Waals surface area contributed by atoms with Gasteiger partial charge in [-0.05, 0) is 18.4 Å². The Morgan fingerprint density at radius 1 is 1.26 bits per heavy atom. The molecule has 23 heavy (non-hydrogen) atoms. The molecule has 0 saturated heterocycles. The molecule has 0 saturated carbocycles. The fourth-order valence-electron chi connectivity index (χ4n) is 2.32. The minimum absolute atomic E-state index is 0.198. The van der Waals surface area contributed by atoms with Gasteiger partial charge < -0.3 is 10.4 Å². The molecule has 1 unspecified atom stereocenters. The van der Waals surface area contributed by atoms with E-state index in [1.54, 1.807) is 25.5 Å². The molecule has 1 heterocycles. The molecular formula is C17H21N3O3. The van der Waals surface area contributed by atoms with E-state index in [4.69, 9.17) is 0 Å². The number of benzene rings is 1. The van der Waals surface area contributed by atoms with Crippen LogP contribution >= 0.6 is 0 Å². The van der Waals surface area contributed by atoms with Crippen LogP contribution in [0.3, 0.4) is 0 Å². The van der Waals surface area contributed by atoms with Gasteiger partial charge in [0.1, 0.15) is 6.04 Å². The number of carbonyl (C=O) groups is 2. The summed E-state index contributed by atoms with van der Waals surface area (Å²) in [5.41, 5.74) is 2.18. The predicted octanol–water partition coefficient (Wildman–Crippen LogP) is 2.08. The quantitative estimate of drug-likeness (QED) is 0.855. The maximum Gasteiger partial charge on any atom is 0.326 e. The largest absolute Gasteiger partial charge is 0.480 e. The molecule has 2 N–H and O–H groups in total. The van der Waals surface area contributed by atoms with E-state index < -0.39 is 17.9 Å². The van der Waals surface area contributed by atoms with Gasteiger partial charge >= 0.3 is 5.97 Å². The molecule has 1 aromatic heterocycles. The highest BCUT2D eigenvalue weighted by molar-refractivity contribution is 5.97. The van der Waals surface area contributed by atoms with Gasteiger partial charge in [0.2, 0.25) is 0 Å². The topological polar surface area (TPSA) is 84.2 Å². The Morgan fingerprint density at radius 3 is 2.48 bits per heavy atom. The molecule has 6 nitrogen and oxygen atoms in total. The van der Waals surface area contributed by atoms with Gasteiger partial charge in [-0.3, -0.25) is 9.48 Å². The van der Waals surface area contributed by atoms with Gasteiger partial charge in [-0.15, -0.1) is 0 Å². The Morgan fingerprint density at radius 2 is 1.91 bits per heavy atom. The molecular weight excluding hydrogens is 294 g/mol. The van der Waals surface area contributed by atoms with Crippen LogP contribution in [0, 0.1) is 12.8 Å². The highest BCUT2D eigenvalue weighted by atomic mass is 16.4. The van der Waals surface area contributed by atoms with E-state index in [1.807, 2.05) is 30.3 Å². The van der Waals surface area contributed by atoms with Crippen molar-refractivity contribution in [1.82, 2.24) is 15.1 Å². The number of rotatable bonds is 6. The summed E-state index contributed by atoms with van der Waals surface area (Å²) < 4.78 is 1.73. The molecule has 2 rings (SSSR count). The van der Waals surface area contributed by atoms with Gasteiger partial charge in [-0.25, -0.2) is 4.79 Å². The number of nitrogens with one attached hydrogen (secondary N) is 1. The van der Waals surface area contributed by atoms with Crippen molar-refractivity contribution < 1.29 is 14.7 Å². The lowest BCUT2D eigenvalue weighted by molar-refractivity contribution is -0.140. The fraction of sp³-hybridized carbons (Fsp3) is 0.353. The molecule has 0 aliphatic heterocycles. The zero-order chi connectivity index (χ0) is 17.0. The first-order chi connectivity index (χ1) is 10.9. The Bertz CT molecular complexity index is 692. The second-order valence-electron chi connectivity index (χ2n) is 5.82. The lowest BCUT2D eigenvalue weighted by atomic mass is 10.0. The van der Waals surface area contributed by atoms with Crippen molar-refractivity contribution in [1.29, 1.82) is 0 Å². The molecule has 0 spiro atoms. The van der Waals surface area contributed by atoms with Crippen molar-refractivity contribution in [3.05, 3.63) is 53.3 Å². The third-order valence-corrected chi connectivity index (χ3v) is 3.74. The molecule has 2 aromatic rings. The van der Waals surface area contributed by atoms with Crippen molar-refractivity contribution in [2.24, 2.45) is 5.92 Å². The Balaban J connectivity index is 2.15. The van der Waals surface area contributed by atoms with Crippen molar-refractivity contribution in [2.45, 2.75) is 33.4 Å². The van der Waals surface area contributed by atoms with Gasteiger partial charge in [0, 0.05) is 5.69 Å². The number of amides is 1. The summed E-state index contributed by atoms with van der Waals surface area (Å²) in [6.07, 6.45) is 1.48. The van der Waals surface area contributed by atoms with Gasteiger partial charge in [-0.1, -0.05) is 44.2 Å². The first-order valence-electron chi connectivity index (χ1n) is 7.50. The van der Waals surface area contributed by atoms with Crippen LogP contribution in [-0.2, 0) is 11.3 Å². The third-order valence-electron chi connectivity index (χ3n) is 3.74. The Hall–Kier alpha value is -2.63. The van der Waals surface area contributed by atoms with Crippen LogP contribution in [0.5, 0.6) is 0 Å². The molecule has 0 radical (unpaired) electrons. The minimum Gasteiger partial charge on any atom is -0.480 e. The number of carboxylic acid groups (broad SMARTS) is 1. The molecule has 0 fully saturated rings. The monoisotopic (exact) mass is 315 g/mol. The predicted molar refractivity (Wildman–Crippen MR) is 86.2 cm³/mol. The fourth-order valence-corrected chi connectivity index (χ4v) is 2.32. The van der Waals surface area contributed by atoms with E-state index >= 15 is 0 Å². The second-order valence-corrected chi connectivity index (χ2v) is 5.82. The number of hydrogen-bond donors (Lipinski definition) is 2. The van der Waals surface area contributed by atoms with Crippen LogP contribution in [0.4, 0.5) is 0 Å². The van der Waals surface area contributed by atoms with Crippen LogP contribution in [0.25, 0.3) is 0 Å². The molecule has 6 heteroatoms. The van der Waals surface area contributed by atoms with E-state index in [0.717, 1.165) is 5.56 Å². The van der Waals surface area contributed by atoms with Crippen molar-refractivity contribution in [3.8, 4) is 0 Å². The van der Waals surface area contributed by atoms with Crippen LogP contribution in [-0.4, -0.2) is 32.8 Å². The van der Waals surface area contributed by atoms with Gasteiger partial charge in [-0.2, -0.15) is 5.10 Å². The first-order valence-corrected chi connectivity index (χ1v) is 7.50. The molecule has 0 aliphatic carbocycles. The lowest BCUT2D eigenvalue weighted by Crippen LogP contribution is -2.44. The van der Waals surface area contributed by atoms with E-state index in [9.17, 15) is 14.7 Å². The van der Waals surface area contributed by atoms with Crippen LogP contribution < -0.4 is 5.32 Å². The summed E-state index contributed by atoms with van der Waals surface area (Å²) in [4.78, 5) is 23.5. The number of carbonyl (C=O) groups excluding carboxylic acids is 1. The molecule has 122 valence electrons. The van der Waals surface area contributed by atoms with Crippen LogP contribution in [0.2, 0.25) is 0 Å². The summed E-state index contributed by atoms with van der Waals surface area (Å²) in [7, 11) is 0. The highest BCUT2D eigenvalue weighted by Gasteiger charge is 2.25. The first kappa shape index (κ1) is 16.7. The van der Waals surface area contributed by atoms with E-state index in [-0.39, 0.29) is 5.92 Å². The van der Waals surface area contributed by atoms with Crippen molar-refractivity contribution in [2.75, 3.05) is 0 Å². The summed E-state index contributed by atoms with van der Waals surface area (Å²) >= 11 is 0. The second kappa shape index (κ2) is 7.09. The summed E-state index contributed by atoms with van der Waals surface area (Å²) in [6.45, 7) is 5.87. The third kappa shape index (κ3) is 3.97. The van der Waals surface area contributed by atoms with E-state index in [1.165, 1.54) is 6.20 Å².